The van der Waals surface area contributed by atoms with Gasteiger partial charge in [0.1, 0.15) is 11.5 Å². The average Bonchev–Trinajstić information content (AvgIpc) is 3.16. The summed E-state index contributed by atoms with van der Waals surface area (Å²) in [7, 11) is 3.19. The fraction of sp³-hybridized carbons (Fsp3) is 0.250. The fourth-order valence-corrected chi connectivity index (χ4v) is 2.83. The van der Waals surface area contributed by atoms with E-state index in [1.165, 1.54) is 0 Å². The van der Waals surface area contributed by atoms with Gasteiger partial charge in [-0.15, -0.1) is 0 Å². The molecule has 0 saturated heterocycles. The molecule has 27 heavy (non-hydrogen) atoms. The molecular formula is C20H22N4O3. The van der Waals surface area contributed by atoms with Crippen molar-refractivity contribution in [2.24, 2.45) is 0 Å². The minimum absolute atomic E-state index is 0.184. The predicted molar refractivity (Wildman–Crippen MR) is 101 cm³/mol. The molecule has 0 radical (unpaired) electrons. The van der Waals surface area contributed by atoms with Gasteiger partial charge < -0.3 is 14.8 Å². The Morgan fingerprint density at radius 1 is 1.15 bits per heavy atom. The zero-order chi connectivity index (χ0) is 19.2. The normalized spacial score (nSPS) is 10.5. The van der Waals surface area contributed by atoms with Gasteiger partial charge in [-0.25, -0.2) is 9.67 Å². The Balaban J connectivity index is 1.78. The first-order chi connectivity index (χ1) is 13.2. The van der Waals surface area contributed by atoms with Crippen LogP contribution < -0.4 is 14.8 Å². The summed E-state index contributed by atoms with van der Waals surface area (Å²) in [6.07, 6.45) is 3.94. The number of nitrogens with zero attached hydrogens (tertiary/aromatic N) is 3. The Labute approximate surface area is 158 Å². The van der Waals surface area contributed by atoms with Gasteiger partial charge in [-0.1, -0.05) is 13.0 Å². The zero-order valence-electron chi connectivity index (χ0n) is 15.6. The molecule has 0 aliphatic heterocycles. The monoisotopic (exact) mass is 366 g/mol. The molecule has 0 aliphatic carbocycles. The molecule has 0 atom stereocenters. The first-order valence-electron chi connectivity index (χ1n) is 8.64. The predicted octanol–water partition coefficient (Wildman–Crippen LogP) is 2.78. The SMILES string of the molecule is CCc1c(C(=O)NCc2cc(OC)cc(OC)c2)cnn1-c1ccccn1. The van der Waals surface area contributed by atoms with Crippen LogP contribution in [0.5, 0.6) is 11.5 Å². The molecule has 1 aromatic carbocycles. The van der Waals surface area contributed by atoms with Gasteiger partial charge >= 0.3 is 0 Å². The number of aromatic nitrogens is 3. The Kier molecular flexibility index (Phi) is 5.71. The van der Waals surface area contributed by atoms with Crippen molar-refractivity contribution in [1.29, 1.82) is 0 Å². The second-order valence-corrected chi connectivity index (χ2v) is 5.86. The molecular weight excluding hydrogens is 344 g/mol. The first-order valence-corrected chi connectivity index (χ1v) is 8.64. The quantitative estimate of drug-likeness (QED) is 0.696. The van der Waals surface area contributed by atoms with Crippen LogP contribution in [0.1, 0.15) is 28.5 Å². The Morgan fingerprint density at radius 3 is 2.48 bits per heavy atom. The molecule has 7 heteroatoms. The van der Waals surface area contributed by atoms with E-state index in [0.717, 1.165) is 11.3 Å². The molecule has 7 nitrogen and oxygen atoms in total. The number of hydrogen-bond acceptors (Lipinski definition) is 5. The van der Waals surface area contributed by atoms with Crippen molar-refractivity contribution in [2.45, 2.75) is 19.9 Å². The number of carbonyl (C=O) groups is 1. The van der Waals surface area contributed by atoms with E-state index in [-0.39, 0.29) is 5.91 Å². The van der Waals surface area contributed by atoms with E-state index in [1.807, 2.05) is 37.3 Å². The molecule has 3 aromatic rings. The van der Waals surface area contributed by atoms with E-state index in [4.69, 9.17) is 9.47 Å². The molecule has 0 fully saturated rings. The summed E-state index contributed by atoms with van der Waals surface area (Å²) < 4.78 is 12.2. The number of benzene rings is 1. The minimum atomic E-state index is -0.184. The molecule has 1 N–H and O–H groups in total. The van der Waals surface area contributed by atoms with Crippen molar-refractivity contribution in [3.8, 4) is 17.3 Å². The highest BCUT2D eigenvalue weighted by Crippen LogP contribution is 2.22. The minimum Gasteiger partial charge on any atom is -0.497 e. The third kappa shape index (κ3) is 4.08. The molecule has 1 amide bonds. The highest BCUT2D eigenvalue weighted by Gasteiger charge is 2.17. The van der Waals surface area contributed by atoms with Crippen molar-refractivity contribution in [3.63, 3.8) is 0 Å². The number of ether oxygens (including phenoxy) is 2. The number of hydrogen-bond donors (Lipinski definition) is 1. The Hall–Kier alpha value is -3.35. The maximum atomic E-state index is 12.7. The van der Waals surface area contributed by atoms with Crippen LogP contribution in [-0.2, 0) is 13.0 Å². The molecule has 2 aromatic heterocycles. The second-order valence-electron chi connectivity index (χ2n) is 5.86. The highest BCUT2D eigenvalue weighted by atomic mass is 16.5. The lowest BCUT2D eigenvalue weighted by atomic mass is 10.1. The molecule has 3 rings (SSSR count). The molecule has 0 unspecified atom stereocenters. The summed E-state index contributed by atoms with van der Waals surface area (Å²) in [6, 6.07) is 11.1. The van der Waals surface area contributed by atoms with Crippen LogP contribution in [0.3, 0.4) is 0 Å². The van der Waals surface area contributed by atoms with E-state index >= 15 is 0 Å². The molecule has 0 aliphatic rings. The number of pyridine rings is 1. The maximum absolute atomic E-state index is 12.7. The average molecular weight is 366 g/mol. The van der Waals surface area contributed by atoms with Crippen LogP contribution in [0.4, 0.5) is 0 Å². The van der Waals surface area contributed by atoms with Gasteiger partial charge in [-0.05, 0) is 36.2 Å². The third-order valence-corrected chi connectivity index (χ3v) is 4.18. The zero-order valence-corrected chi connectivity index (χ0v) is 15.6. The van der Waals surface area contributed by atoms with Gasteiger partial charge in [0.15, 0.2) is 5.82 Å². The summed E-state index contributed by atoms with van der Waals surface area (Å²) in [5, 5.41) is 7.27. The van der Waals surface area contributed by atoms with Crippen LogP contribution >= 0.6 is 0 Å². The smallest absolute Gasteiger partial charge is 0.255 e. The summed E-state index contributed by atoms with van der Waals surface area (Å²) in [6.45, 7) is 2.34. The first kappa shape index (κ1) is 18.4. The van der Waals surface area contributed by atoms with E-state index in [0.29, 0.717) is 35.8 Å². The van der Waals surface area contributed by atoms with Gasteiger partial charge in [0.2, 0.25) is 0 Å². The van der Waals surface area contributed by atoms with Crippen molar-refractivity contribution in [2.75, 3.05) is 14.2 Å². The molecule has 0 saturated carbocycles. The van der Waals surface area contributed by atoms with E-state index in [2.05, 4.69) is 15.4 Å². The summed E-state index contributed by atoms with van der Waals surface area (Å²) >= 11 is 0. The molecule has 0 spiro atoms. The summed E-state index contributed by atoms with van der Waals surface area (Å²) in [5.41, 5.74) is 2.24. The largest absolute Gasteiger partial charge is 0.497 e. The standard InChI is InChI=1S/C20H22N4O3/c1-4-18-17(13-23-24(18)19-7-5-6-8-21-19)20(25)22-12-14-9-15(26-2)11-16(10-14)27-3/h5-11,13H,4,12H2,1-3H3,(H,22,25). The molecule has 0 bridgehead atoms. The van der Waals surface area contributed by atoms with E-state index in [1.54, 1.807) is 37.4 Å². The third-order valence-electron chi connectivity index (χ3n) is 4.18. The second kappa shape index (κ2) is 8.35. The maximum Gasteiger partial charge on any atom is 0.255 e. The molecule has 2 heterocycles. The topological polar surface area (TPSA) is 78.3 Å². The lowest BCUT2D eigenvalue weighted by Gasteiger charge is -2.10. The molecule has 140 valence electrons. The van der Waals surface area contributed by atoms with E-state index in [9.17, 15) is 4.79 Å². The number of rotatable bonds is 7. The van der Waals surface area contributed by atoms with Gasteiger partial charge in [-0.2, -0.15) is 5.10 Å². The van der Waals surface area contributed by atoms with Crippen LogP contribution in [0.2, 0.25) is 0 Å². The van der Waals surface area contributed by atoms with E-state index < -0.39 is 0 Å². The number of nitrogens with one attached hydrogen (secondary N) is 1. The van der Waals surface area contributed by atoms with Crippen molar-refractivity contribution in [3.05, 3.63) is 65.6 Å². The van der Waals surface area contributed by atoms with Crippen molar-refractivity contribution in [1.82, 2.24) is 20.1 Å². The number of amides is 1. The van der Waals surface area contributed by atoms with Gasteiger partial charge in [0.05, 0.1) is 31.7 Å². The van der Waals surface area contributed by atoms with Crippen LogP contribution in [0.25, 0.3) is 5.82 Å². The fourth-order valence-electron chi connectivity index (χ4n) is 2.83. The number of carbonyl (C=O) groups excluding carboxylic acids is 1. The Morgan fingerprint density at radius 2 is 1.89 bits per heavy atom. The van der Waals surface area contributed by atoms with Gasteiger partial charge in [-0.3, -0.25) is 4.79 Å². The van der Waals surface area contributed by atoms with Crippen LogP contribution in [-0.4, -0.2) is 34.9 Å². The van der Waals surface area contributed by atoms with Gasteiger partial charge in [0, 0.05) is 18.8 Å². The van der Waals surface area contributed by atoms with Gasteiger partial charge in [0.25, 0.3) is 5.91 Å². The number of methoxy groups -OCH3 is 2. The van der Waals surface area contributed by atoms with Crippen molar-refractivity contribution >= 4 is 5.91 Å². The van der Waals surface area contributed by atoms with Crippen LogP contribution in [0, 0.1) is 0 Å². The lowest BCUT2D eigenvalue weighted by Crippen LogP contribution is -2.24. The van der Waals surface area contributed by atoms with Crippen molar-refractivity contribution < 1.29 is 14.3 Å². The van der Waals surface area contributed by atoms with Crippen LogP contribution in [0.15, 0.2) is 48.8 Å². The summed E-state index contributed by atoms with van der Waals surface area (Å²) in [4.78, 5) is 17.0. The Bertz CT molecular complexity index is 900. The summed E-state index contributed by atoms with van der Waals surface area (Å²) in [5.74, 6) is 1.85. The highest BCUT2D eigenvalue weighted by molar-refractivity contribution is 5.95. The lowest BCUT2D eigenvalue weighted by molar-refractivity contribution is 0.0950.